The number of rotatable bonds is 4. The van der Waals surface area contributed by atoms with E-state index in [9.17, 15) is 9.18 Å². The minimum atomic E-state index is -0.335. The van der Waals surface area contributed by atoms with Crippen LogP contribution in [0.3, 0.4) is 0 Å². The van der Waals surface area contributed by atoms with Crippen molar-refractivity contribution < 1.29 is 14.3 Å². The molecule has 4 nitrogen and oxygen atoms in total. The lowest BCUT2D eigenvalue weighted by Crippen LogP contribution is -2.48. The van der Waals surface area contributed by atoms with Crippen molar-refractivity contribution in [2.24, 2.45) is 0 Å². The molecule has 1 saturated heterocycles. The van der Waals surface area contributed by atoms with Gasteiger partial charge in [0.25, 0.3) is 5.91 Å². The number of hydrogen-bond acceptors (Lipinski definition) is 3. The molecule has 2 rings (SSSR count). The fraction of sp³-hybridized carbons (Fsp3) is 0.500. The molecule has 1 unspecified atom stereocenters. The highest BCUT2D eigenvalue weighted by Gasteiger charge is 2.23. The Morgan fingerprint density at radius 1 is 1.42 bits per heavy atom. The molecule has 19 heavy (non-hydrogen) atoms. The Morgan fingerprint density at radius 2 is 2.16 bits per heavy atom. The molecule has 0 bridgehead atoms. The second-order valence-corrected chi connectivity index (χ2v) is 4.77. The summed E-state index contributed by atoms with van der Waals surface area (Å²) in [5.41, 5.74) is 0.518. The molecule has 0 radical (unpaired) electrons. The molecule has 1 aliphatic heterocycles. The summed E-state index contributed by atoms with van der Waals surface area (Å²) in [6, 6.07) is 5.87. The van der Waals surface area contributed by atoms with E-state index in [1.54, 1.807) is 4.90 Å². The number of hydrogen-bond donors (Lipinski definition) is 2. The van der Waals surface area contributed by atoms with Gasteiger partial charge in [-0.1, -0.05) is 0 Å². The average molecular weight is 266 g/mol. The van der Waals surface area contributed by atoms with Gasteiger partial charge in [0.2, 0.25) is 0 Å². The van der Waals surface area contributed by atoms with Gasteiger partial charge in [0.05, 0.1) is 6.61 Å². The molecule has 1 fully saturated rings. The van der Waals surface area contributed by atoms with Crippen LogP contribution in [-0.2, 0) is 0 Å². The maximum Gasteiger partial charge on any atom is 0.253 e. The van der Waals surface area contributed by atoms with Crippen molar-refractivity contribution in [1.82, 2.24) is 10.2 Å². The molecule has 0 aliphatic carbocycles. The Bertz CT molecular complexity index is 422. The summed E-state index contributed by atoms with van der Waals surface area (Å²) >= 11 is 0. The first-order valence-electron chi connectivity index (χ1n) is 6.60. The number of aliphatic hydroxyl groups excluding tert-OH is 1. The first kappa shape index (κ1) is 14.0. The first-order chi connectivity index (χ1) is 9.20. The van der Waals surface area contributed by atoms with E-state index >= 15 is 0 Å². The van der Waals surface area contributed by atoms with Gasteiger partial charge < -0.3 is 15.3 Å². The van der Waals surface area contributed by atoms with Gasteiger partial charge in [0, 0.05) is 31.2 Å². The van der Waals surface area contributed by atoms with Crippen LogP contribution in [0.25, 0.3) is 0 Å². The van der Waals surface area contributed by atoms with E-state index < -0.39 is 0 Å². The predicted molar refractivity (Wildman–Crippen MR) is 70.4 cm³/mol. The lowest BCUT2D eigenvalue weighted by atomic mass is 10.0. The third-order valence-corrected chi connectivity index (χ3v) is 3.34. The molecule has 1 amide bonds. The van der Waals surface area contributed by atoms with E-state index in [1.165, 1.54) is 24.3 Å². The topological polar surface area (TPSA) is 52.6 Å². The van der Waals surface area contributed by atoms with Gasteiger partial charge in [0.1, 0.15) is 5.82 Å². The van der Waals surface area contributed by atoms with Crippen LogP contribution in [0.15, 0.2) is 24.3 Å². The Hall–Kier alpha value is -1.46. The maximum atomic E-state index is 12.8. The van der Waals surface area contributed by atoms with Gasteiger partial charge in [-0.3, -0.25) is 4.79 Å². The van der Waals surface area contributed by atoms with Crippen molar-refractivity contribution in [1.29, 1.82) is 0 Å². The van der Waals surface area contributed by atoms with Gasteiger partial charge in [-0.05, 0) is 37.1 Å². The zero-order valence-corrected chi connectivity index (χ0v) is 10.8. The van der Waals surface area contributed by atoms with Crippen molar-refractivity contribution in [2.75, 3.05) is 26.2 Å². The highest BCUT2D eigenvalue weighted by molar-refractivity contribution is 5.94. The van der Waals surface area contributed by atoms with Crippen LogP contribution in [0.5, 0.6) is 0 Å². The summed E-state index contributed by atoms with van der Waals surface area (Å²) in [7, 11) is 0. The predicted octanol–water partition coefficient (Wildman–Crippen LogP) is 1.01. The van der Waals surface area contributed by atoms with Crippen molar-refractivity contribution in [3.05, 3.63) is 35.6 Å². The molecule has 2 N–H and O–H groups in total. The molecule has 1 aromatic carbocycles. The van der Waals surface area contributed by atoms with Crippen LogP contribution in [0.2, 0.25) is 0 Å². The Morgan fingerprint density at radius 3 is 2.84 bits per heavy atom. The second-order valence-electron chi connectivity index (χ2n) is 4.77. The molecule has 5 heteroatoms. The zero-order valence-electron chi connectivity index (χ0n) is 10.8. The molecular formula is C14H19FN2O2. The Kier molecular flexibility index (Phi) is 4.87. The van der Waals surface area contributed by atoms with Crippen molar-refractivity contribution in [2.45, 2.75) is 18.9 Å². The smallest absolute Gasteiger partial charge is 0.253 e. The Balaban J connectivity index is 1.96. The largest absolute Gasteiger partial charge is 0.395 e. The number of benzene rings is 1. The summed E-state index contributed by atoms with van der Waals surface area (Å²) in [6.07, 6.45) is 1.95. The zero-order chi connectivity index (χ0) is 13.7. The van der Waals surface area contributed by atoms with Gasteiger partial charge in [-0.15, -0.1) is 0 Å². The van der Waals surface area contributed by atoms with Crippen LogP contribution in [-0.4, -0.2) is 48.2 Å². The molecule has 1 heterocycles. The van der Waals surface area contributed by atoms with E-state index in [0.29, 0.717) is 18.7 Å². The number of nitrogens with zero attached hydrogens (tertiary/aromatic N) is 1. The standard InChI is InChI=1S/C14H19FN2O2/c15-12-5-3-11(4-6-12)14(19)17-8-1-2-13(10-17)16-7-9-18/h3-6,13,16,18H,1-2,7-10H2. The van der Waals surface area contributed by atoms with Crippen molar-refractivity contribution in [3.8, 4) is 0 Å². The van der Waals surface area contributed by atoms with Gasteiger partial charge in [-0.2, -0.15) is 0 Å². The molecular weight excluding hydrogens is 247 g/mol. The van der Waals surface area contributed by atoms with Crippen LogP contribution in [0.1, 0.15) is 23.2 Å². The van der Waals surface area contributed by atoms with Gasteiger partial charge >= 0.3 is 0 Å². The van der Waals surface area contributed by atoms with E-state index in [4.69, 9.17) is 5.11 Å². The van der Waals surface area contributed by atoms with Gasteiger partial charge in [0.15, 0.2) is 0 Å². The van der Waals surface area contributed by atoms with Crippen LogP contribution in [0, 0.1) is 5.82 Å². The summed E-state index contributed by atoms with van der Waals surface area (Å²) in [5, 5.41) is 12.0. The van der Waals surface area contributed by atoms with E-state index in [0.717, 1.165) is 19.4 Å². The fourth-order valence-electron chi connectivity index (χ4n) is 2.37. The van der Waals surface area contributed by atoms with Gasteiger partial charge in [-0.25, -0.2) is 4.39 Å². The highest BCUT2D eigenvalue weighted by atomic mass is 19.1. The van der Waals surface area contributed by atoms with Crippen LogP contribution >= 0.6 is 0 Å². The molecule has 1 aromatic rings. The van der Waals surface area contributed by atoms with Crippen LogP contribution < -0.4 is 5.32 Å². The summed E-state index contributed by atoms with van der Waals surface area (Å²) in [6.45, 7) is 2.01. The summed E-state index contributed by atoms with van der Waals surface area (Å²) in [5.74, 6) is -0.395. The van der Waals surface area contributed by atoms with Crippen LogP contribution in [0.4, 0.5) is 4.39 Å². The quantitative estimate of drug-likeness (QED) is 0.855. The van der Waals surface area contributed by atoms with Crippen molar-refractivity contribution >= 4 is 5.91 Å². The lowest BCUT2D eigenvalue weighted by Gasteiger charge is -2.33. The lowest BCUT2D eigenvalue weighted by molar-refractivity contribution is 0.0693. The number of amides is 1. The summed E-state index contributed by atoms with van der Waals surface area (Å²) in [4.78, 5) is 14.0. The SMILES string of the molecule is O=C(c1ccc(F)cc1)N1CCCC(NCCO)C1. The number of nitrogens with one attached hydrogen (secondary N) is 1. The van der Waals surface area contributed by atoms with Crippen molar-refractivity contribution in [3.63, 3.8) is 0 Å². The average Bonchev–Trinajstić information content (AvgIpc) is 2.45. The second kappa shape index (κ2) is 6.63. The molecule has 0 spiro atoms. The molecule has 0 aromatic heterocycles. The monoisotopic (exact) mass is 266 g/mol. The first-order valence-corrected chi connectivity index (χ1v) is 6.60. The number of carbonyl (C=O) groups is 1. The maximum absolute atomic E-state index is 12.8. The molecule has 1 atom stereocenters. The fourth-order valence-corrected chi connectivity index (χ4v) is 2.37. The minimum absolute atomic E-state index is 0.0597. The number of halogens is 1. The minimum Gasteiger partial charge on any atom is -0.395 e. The third kappa shape index (κ3) is 3.75. The molecule has 0 saturated carbocycles. The third-order valence-electron chi connectivity index (χ3n) is 3.34. The normalized spacial score (nSPS) is 19.5. The highest BCUT2D eigenvalue weighted by Crippen LogP contribution is 2.14. The van der Waals surface area contributed by atoms with E-state index in [1.807, 2.05) is 0 Å². The summed E-state index contributed by atoms with van der Waals surface area (Å²) < 4.78 is 12.8. The number of likely N-dealkylation sites (tertiary alicyclic amines) is 1. The van der Waals surface area contributed by atoms with E-state index in [-0.39, 0.29) is 24.4 Å². The molecule has 1 aliphatic rings. The number of piperidine rings is 1. The number of carbonyl (C=O) groups excluding carboxylic acids is 1. The van der Waals surface area contributed by atoms with E-state index in [2.05, 4.69) is 5.32 Å². The molecule has 104 valence electrons. The Labute approximate surface area is 112 Å². The number of aliphatic hydroxyl groups is 1.